The third-order valence-electron chi connectivity index (χ3n) is 5.27. The number of hydrogen-bond acceptors (Lipinski definition) is 6. The minimum absolute atomic E-state index is 0.0116. The van der Waals surface area contributed by atoms with E-state index in [9.17, 15) is 9.59 Å². The largest absolute Gasteiger partial charge is 0.337 e. The van der Waals surface area contributed by atoms with Crippen molar-refractivity contribution in [2.24, 2.45) is 5.73 Å². The quantitative estimate of drug-likeness (QED) is 0.816. The summed E-state index contributed by atoms with van der Waals surface area (Å²) in [4.78, 5) is 32.6. The van der Waals surface area contributed by atoms with Crippen molar-refractivity contribution in [3.8, 4) is 0 Å². The molecule has 0 spiro atoms. The Kier molecular flexibility index (Phi) is 4.52. The van der Waals surface area contributed by atoms with E-state index in [1.807, 2.05) is 6.92 Å². The van der Waals surface area contributed by atoms with Crippen molar-refractivity contribution in [3.63, 3.8) is 0 Å². The third-order valence-corrected chi connectivity index (χ3v) is 5.27. The van der Waals surface area contributed by atoms with Crippen molar-refractivity contribution in [3.05, 3.63) is 23.4 Å². The van der Waals surface area contributed by atoms with E-state index in [1.165, 1.54) is 0 Å². The first-order valence-electron chi connectivity index (χ1n) is 9.36. The fourth-order valence-corrected chi connectivity index (χ4v) is 3.78. The first-order chi connectivity index (χ1) is 12.5. The van der Waals surface area contributed by atoms with Gasteiger partial charge >= 0.3 is 0 Å². The molecular formula is C18H25N5O3. The molecule has 2 amide bonds. The van der Waals surface area contributed by atoms with Gasteiger partial charge in [-0.1, -0.05) is 5.16 Å². The number of rotatable bonds is 6. The molecule has 8 nitrogen and oxygen atoms in total. The molecule has 0 radical (unpaired) electrons. The van der Waals surface area contributed by atoms with Crippen LogP contribution >= 0.6 is 0 Å². The molecule has 1 aromatic rings. The van der Waals surface area contributed by atoms with Crippen molar-refractivity contribution in [2.45, 2.75) is 57.0 Å². The first kappa shape index (κ1) is 17.2. The molecule has 1 saturated carbocycles. The molecule has 3 aliphatic rings. The predicted octanol–water partition coefficient (Wildman–Crippen LogP) is 1.12. The van der Waals surface area contributed by atoms with Crippen LogP contribution in [0.15, 0.2) is 16.2 Å². The minimum Gasteiger partial charge on any atom is -0.337 e. The van der Waals surface area contributed by atoms with Crippen LogP contribution < -0.4 is 5.73 Å². The van der Waals surface area contributed by atoms with Gasteiger partial charge in [0, 0.05) is 44.1 Å². The average Bonchev–Trinajstić information content (AvgIpc) is 3.01. The van der Waals surface area contributed by atoms with Crippen LogP contribution in [0.25, 0.3) is 0 Å². The van der Waals surface area contributed by atoms with Gasteiger partial charge in [-0.25, -0.2) is 0 Å². The number of carbonyl (C=O) groups is 2. The zero-order valence-electron chi connectivity index (χ0n) is 15.1. The second-order valence-corrected chi connectivity index (χ2v) is 7.68. The molecule has 8 heteroatoms. The maximum Gasteiger partial charge on any atom is 0.249 e. The zero-order valence-corrected chi connectivity index (χ0v) is 15.1. The van der Waals surface area contributed by atoms with E-state index < -0.39 is 0 Å². The number of likely N-dealkylation sites (tertiary alicyclic amines) is 1. The summed E-state index contributed by atoms with van der Waals surface area (Å²) in [7, 11) is 0. The molecule has 2 fully saturated rings. The SMILES string of the molecule is CC1=CC(=O)N(C[C@@H](N)CC(=O)N2CCC[C@H]2c2nc(C3CC3)no2)C1. The van der Waals surface area contributed by atoms with E-state index in [4.69, 9.17) is 10.3 Å². The maximum atomic E-state index is 12.8. The lowest BCUT2D eigenvalue weighted by Crippen LogP contribution is -2.42. The van der Waals surface area contributed by atoms with Gasteiger partial charge in [-0.3, -0.25) is 9.59 Å². The molecule has 0 bridgehead atoms. The summed E-state index contributed by atoms with van der Waals surface area (Å²) in [5, 5.41) is 4.06. The van der Waals surface area contributed by atoms with Crippen LogP contribution in [0.4, 0.5) is 0 Å². The highest BCUT2D eigenvalue weighted by molar-refractivity contribution is 5.91. The van der Waals surface area contributed by atoms with Crippen molar-refractivity contribution in [1.29, 1.82) is 0 Å². The third kappa shape index (κ3) is 3.51. The summed E-state index contributed by atoms with van der Waals surface area (Å²) in [5.74, 6) is 1.71. The molecule has 0 aromatic carbocycles. The summed E-state index contributed by atoms with van der Waals surface area (Å²) in [5.41, 5.74) is 7.17. The summed E-state index contributed by atoms with van der Waals surface area (Å²) in [6, 6.07) is -0.524. The molecule has 2 aliphatic heterocycles. The van der Waals surface area contributed by atoms with Crippen LogP contribution in [-0.2, 0) is 9.59 Å². The predicted molar refractivity (Wildman–Crippen MR) is 92.9 cm³/mol. The van der Waals surface area contributed by atoms with Gasteiger partial charge in [-0.2, -0.15) is 4.98 Å². The Morgan fingerprint density at radius 2 is 2.23 bits per heavy atom. The van der Waals surface area contributed by atoms with Crippen molar-refractivity contribution >= 4 is 11.8 Å². The highest BCUT2D eigenvalue weighted by Gasteiger charge is 2.36. The Morgan fingerprint density at radius 3 is 2.92 bits per heavy atom. The second-order valence-electron chi connectivity index (χ2n) is 7.68. The van der Waals surface area contributed by atoms with Gasteiger partial charge in [0.25, 0.3) is 0 Å². The van der Waals surface area contributed by atoms with E-state index in [2.05, 4.69) is 10.1 Å². The van der Waals surface area contributed by atoms with Crippen LogP contribution in [-0.4, -0.2) is 57.4 Å². The number of hydrogen-bond donors (Lipinski definition) is 1. The van der Waals surface area contributed by atoms with E-state index in [-0.39, 0.29) is 30.3 Å². The Morgan fingerprint density at radius 1 is 1.42 bits per heavy atom. The van der Waals surface area contributed by atoms with Gasteiger partial charge in [0.15, 0.2) is 5.82 Å². The Labute approximate surface area is 152 Å². The average molecular weight is 359 g/mol. The lowest BCUT2D eigenvalue weighted by atomic mass is 10.1. The van der Waals surface area contributed by atoms with Crippen LogP contribution in [0.1, 0.15) is 62.7 Å². The van der Waals surface area contributed by atoms with E-state index in [1.54, 1.807) is 15.9 Å². The Hall–Kier alpha value is -2.22. The highest BCUT2D eigenvalue weighted by atomic mass is 16.5. The fourth-order valence-electron chi connectivity index (χ4n) is 3.78. The summed E-state index contributed by atoms with van der Waals surface area (Å²) >= 11 is 0. The molecule has 140 valence electrons. The zero-order chi connectivity index (χ0) is 18.3. The van der Waals surface area contributed by atoms with Gasteiger partial charge in [0.05, 0.1) is 0 Å². The van der Waals surface area contributed by atoms with Crippen molar-refractivity contribution in [2.75, 3.05) is 19.6 Å². The number of aromatic nitrogens is 2. The van der Waals surface area contributed by atoms with Crippen molar-refractivity contribution in [1.82, 2.24) is 19.9 Å². The second kappa shape index (κ2) is 6.83. The van der Waals surface area contributed by atoms with Crippen LogP contribution in [0, 0.1) is 0 Å². The summed E-state index contributed by atoms with van der Waals surface area (Å²) in [6.45, 7) is 3.59. The monoisotopic (exact) mass is 359 g/mol. The number of carbonyl (C=O) groups excluding carboxylic acids is 2. The highest BCUT2D eigenvalue weighted by Crippen LogP contribution is 2.39. The van der Waals surface area contributed by atoms with Gasteiger partial charge < -0.3 is 20.1 Å². The van der Waals surface area contributed by atoms with Crippen LogP contribution in [0.3, 0.4) is 0 Å². The van der Waals surface area contributed by atoms with Gasteiger partial charge in [-0.15, -0.1) is 0 Å². The van der Waals surface area contributed by atoms with Crippen LogP contribution in [0.5, 0.6) is 0 Å². The molecule has 4 rings (SSSR count). The molecule has 1 aromatic heterocycles. The molecule has 2 atom stereocenters. The smallest absolute Gasteiger partial charge is 0.249 e. The van der Waals surface area contributed by atoms with E-state index in [0.29, 0.717) is 31.4 Å². The summed E-state index contributed by atoms with van der Waals surface area (Å²) < 4.78 is 5.42. The van der Waals surface area contributed by atoms with Gasteiger partial charge in [0.1, 0.15) is 6.04 Å². The van der Waals surface area contributed by atoms with Crippen LogP contribution in [0.2, 0.25) is 0 Å². The lowest BCUT2D eigenvalue weighted by Gasteiger charge is -2.25. The van der Waals surface area contributed by atoms with Gasteiger partial charge in [-0.05, 0) is 38.2 Å². The molecule has 1 saturated heterocycles. The fraction of sp³-hybridized carbons (Fsp3) is 0.667. The Balaban J connectivity index is 1.34. The molecule has 3 heterocycles. The lowest BCUT2D eigenvalue weighted by molar-refractivity contribution is -0.133. The molecule has 0 unspecified atom stereocenters. The maximum absolute atomic E-state index is 12.8. The Bertz CT molecular complexity index is 739. The van der Waals surface area contributed by atoms with E-state index in [0.717, 1.165) is 37.1 Å². The topological polar surface area (TPSA) is 106 Å². The number of amides is 2. The van der Waals surface area contributed by atoms with Gasteiger partial charge in [0.2, 0.25) is 17.7 Å². The minimum atomic E-state index is -0.378. The molecule has 26 heavy (non-hydrogen) atoms. The normalized spacial score (nSPS) is 24.3. The number of nitrogens with zero attached hydrogens (tertiary/aromatic N) is 4. The molecule has 2 N–H and O–H groups in total. The molecule has 1 aliphatic carbocycles. The number of nitrogens with two attached hydrogens (primary N) is 1. The standard InChI is InChI=1S/C18H25N5O3/c1-11-7-15(24)22(9-11)10-13(19)8-16(25)23-6-2-3-14(23)18-20-17(21-26-18)12-4-5-12/h7,12-14H,2-6,8-10,19H2,1H3/t13-,14-/m0/s1. The molecular weight excluding hydrogens is 334 g/mol. The summed E-state index contributed by atoms with van der Waals surface area (Å²) in [6.07, 6.45) is 5.82. The van der Waals surface area contributed by atoms with E-state index >= 15 is 0 Å². The van der Waals surface area contributed by atoms with Crippen molar-refractivity contribution < 1.29 is 14.1 Å². The first-order valence-corrected chi connectivity index (χ1v) is 9.36.